The second kappa shape index (κ2) is 14.1. The molecule has 0 bridgehead atoms. The molecule has 1 fully saturated rings. The first-order valence-corrected chi connectivity index (χ1v) is 13.0. The molecule has 0 aromatic carbocycles. The van der Waals surface area contributed by atoms with E-state index >= 15 is 0 Å². The lowest BCUT2D eigenvalue weighted by atomic mass is 9.97. The lowest BCUT2D eigenvalue weighted by Gasteiger charge is -2.35. The molecule has 1 saturated heterocycles. The Morgan fingerprint density at radius 2 is 1.72 bits per heavy atom. The fourth-order valence-corrected chi connectivity index (χ4v) is 5.06. The lowest BCUT2D eigenvalue weighted by Crippen LogP contribution is -2.56. The van der Waals surface area contributed by atoms with Gasteiger partial charge in [-0.05, 0) is 64.9 Å². The molecule has 0 aromatic heterocycles. The van der Waals surface area contributed by atoms with Crippen LogP contribution in [0, 0.1) is 0 Å². The van der Waals surface area contributed by atoms with Gasteiger partial charge in [-0.1, -0.05) is 13.3 Å². The third-order valence-electron chi connectivity index (χ3n) is 5.93. The minimum Gasteiger partial charge on any atom is -0.390 e. The Kier molecular flexibility index (Phi) is 12.6. The SMILES string of the molecule is CCCC(=O)N(C)[C@H](CSCCCN1CCCCC1)C(=O)N(C)[C@@H](CC(C)(C)O)C(N)=O. The first-order chi connectivity index (χ1) is 15.0. The summed E-state index contributed by atoms with van der Waals surface area (Å²) in [4.78, 5) is 43.2. The van der Waals surface area contributed by atoms with Crippen molar-refractivity contribution >= 4 is 29.5 Å². The van der Waals surface area contributed by atoms with Crippen molar-refractivity contribution in [3.63, 3.8) is 0 Å². The highest BCUT2D eigenvalue weighted by Gasteiger charge is 2.36. The number of hydrogen-bond acceptors (Lipinski definition) is 6. The van der Waals surface area contributed by atoms with Crippen molar-refractivity contribution in [1.29, 1.82) is 0 Å². The van der Waals surface area contributed by atoms with Crippen LogP contribution in [0.2, 0.25) is 0 Å². The number of likely N-dealkylation sites (N-methyl/N-ethyl adjacent to an activating group) is 2. The number of amides is 3. The lowest BCUT2D eigenvalue weighted by molar-refractivity contribution is -0.147. The number of carbonyl (C=O) groups is 3. The topological polar surface area (TPSA) is 107 Å². The van der Waals surface area contributed by atoms with Gasteiger partial charge in [0.05, 0.1) is 5.60 Å². The largest absolute Gasteiger partial charge is 0.390 e. The van der Waals surface area contributed by atoms with E-state index in [1.165, 1.54) is 49.2 Å². The van der Waals surface area contributed by atoms with Crippen LogP contribution in [0.15, 0.2) is 0 Å². The van der Waals surface area contributed by atoms with Gasteiger partial charge in [0.15, 0.2) is 0 Å². The Bertz CT molecular complexity index is 605. The summed E-state index contributed by atoms with van der Waals surface area (Å²) in [5.74, 6) is 0.282. The van der Waals surface area contributed by atoms with Crippen molar-refractivity contribution in [1.82, 2.24) is 14.7 Å². The van der Waals surface area contributed by atoms with Gasteiger partial charge in [-0.15, -0.1) is 0 Å². The van der Waals surface area contributed by atoms with Crippen LogP contribution in [0.4, 0.5) is 0 Å². The summed E-state index contributed by atoms with van der Waals surface area (Å²) in [5.41, 5.74) is 4.39. The summed E-state index contributed by atoms with van der Waals surface area (Å²) < 4.78 is 0. The third kappa shape index (κ3) is 10.1. The average molecular weight is 473 g/mol. The van der Waals surface area contributed by atoms with Crippen molar-refractivity contribution in [3.05, 3.63) is 0 Å². The fraction of sp³-hybridized carbons (Fsp3) is 0.870. The maximum absolute atomic E-state index is 13.4. The number of hydrogen-bond donors (Lipinski definition) is 2. The summed E-state index contributed by atoms with van der Waals surface area (Å²) in [5, 5.41) is 10.2. The molecule has 8 nitrogen and oxygen atoms in total. The van der Waals surface area contributed by atoms with Crippen LogP contribution in [-0.4, -0.2) is 100 Å². The van der Waals surface area contributed by atoms with Crippen molar-refractivity contribution in [2.45, 2.75) is 83.4 Å². The number of thioether (sulfide) groups is 1. The van der Waals surface area contributed by atoms with Gasteiger partial charge in [-0.2, -0.15) is 11.8 Å². The molecule has 1 rings (SSSR count). The summed E-state index contributed by atoms with van der Waals surface area (Å²) in [6, 6.07) is -1.62. The van der Waals surface area contributed by atoms with Gasteiger partial charge in [-0.25, -0.2) is 0 Å². The number of carbonyl (C=O) groups excluding carboxylic acids is 3. The number of likely N-dealkylation sites (tertiary alicyclic amines) is 1. The van der Waals surface area contributed by atoms with Crippen molar-refractivity contribution < 1.29 is 19.5 Å². The highest BCUT2D eigenvalue weighted by Crippen LogP contribution is 2.19. The van der Waals surface area contributed by atoms with Crippen LogP contribution >= 0.6 is 11.8 Å². The molecule has 9 heteroatoms. The summed E-state index contributed by atoms with van der Waals surface area (Å²) in [6.45, 7) is 8.48. The molecule has 0 saturated carbocycles. The first-order valence-electron chi connectivity index (χ1n) is 11.8. The molecular formula is C23H44N4O4S. The maximum atomic E-state index is 13.4. The van der Waals surface area contributed by atoms with Crippen LogP contribution in [0.1, 0.15) is 65.7 Å². The van der Waals surface area contributed by atoms with E-state index in [0.29, 0.717) is 18.6 Å². The van der Waals surface area contributed by atoms with Crippen LogP contribution in [-0.2, 0) is 14.4 Å². The number of nitrogens with two attached hydrogens (primary N) is 1. The Hall–Kier alpha value is -1.32. The van der Waals surface area contributed by atoms with Crippen molar-refractivity contribution in [2.75, 3.05) is 45.2 Å². The second-order valence-corrected chi connectivity index (χ2v) is 10.6. The van der Waals surface area contributed by atoms with Crippen molar-refractivity contribution in [3.8, 4) is 0 Å². The zero-order valence-electron chi connectivity index (χ0n) is 20.6. The zero-order valence-corrected chi connectivity index (χ0v) is 21.5. The Morgan fingerprint density at radius 3 is 2.25 bits per heavy atom. The van der Waals surface area contributed by atoms with E-state index in [4.69, 9.17) is 5.73 Å². The van der Waals surface area contributed by atoms with Crippen LogP contribution in [0.25, 0.3) is 0 Å². The van der Waals surface area contributed by atoms with E-state index in [0.717, 1.165) is 18.7 Å². The van der Waals surface area contributed by atoms with Crippen LogP contribution in [0.3, 0.4) is 0 Å². The smallest absolute Gasteiger partial charge is 0.246 e. The molecule has 1 aliphatic heterocycles. The van der Waals surface area contributed by atoms with E-state index in [-0.39, 0.29) is 18.2 Å². The molecule has 1 heterocycles. The highest BCUT2D eigenvalue weighted by atomic mass is 32.2. The Labute approximate surface area is 198 Å². The molecule has 1 aliphatic rings. The quantitative estimate of drug-likeness (QED) is 0.373. The van der Waals surface area contributed by atoms with E-state index in [2.05, 4.69) is 4.90 Å². The summed E-state index contributed by atoms with van der Waals surface area (Å²) in [6.07, 6.45) is 6.00. The van der Waals surface area contributed by atoms with Crippen LogP contribution in [0.5, 0.6) is 0 Å². The predicted molar refractivity (Wildman–Crippen MR) is 130 cm³/mol. The minimum atomic E-state index is -1.16. The van der Waals surface area contributed by atoms with E-state index < -0.39 is 23.6 Å². The van der Waals surface area contributed by atoms with E-state index in [9.17, 15) is 19.5 Å². The molecule has 3 N–H and O–H groups in total. The normalized spacial score (nSPS) is 16.9. The Morgan fingerprint density at radius 1 is 1.09 bits per heavy atom. The molecule has 32 heavy (non-hydrogen) atoms. The molecule has 0 unspecified atom stereocenters. The van der Waals surface area contributed by atoms with E-state index in [1.54, 1.807) is 32.7 Å². The first kappa shape index (κ1) is 28.7. The molecule has 186 valence electrons. The molecule has 0 spiro atoms. The number of primary amides is 1. The molecule has 0 aromatic rings. The molecule has 2 atom stereocenters. The third-order valence-corrected chi connectivity index (χ3v) is 7.06. The number of rotatable bonds is 14. The highest BCUT2D eigenvalue weighted by molar-refractivity contribution is 7.99. The zero-order chi connectivity index (χ0) is 24.3. The summed E-state index contributed by atoms with van der Waals surface area (Å²) in [7, 11) is 3.17. The number of aliphatic hydroxyl groups is 1. The van der Waals surface area contributed by atoms with E-state index in [1.807, 2.05) is 6.92 Å². The molecule has 3 amide bonds. The van der Waals surface area contributed by atoms with Gasteiger partial charge < -0.3 is 25.5 Å². The average Bonchev–Trinajstić information content (AvgIpc) is 2.73. The van der Waals surface area contributed by atoms with Gasteiger partial charge >= 0.3 is 0 Å². The minimum absolute atomic E-state index is 0.0346. The molecule has 0 radical (unpaired) electrons. The Balaban J connectivity index is 2.78. The van der Waals surface area contributed by atoms with Crippen LogP contribution < -0.4 is 5.73 Å². The summed E-state index contributed by atoms with van der Waals surface area (Å²) >= 11 is 1.66. The predicted octanol–water partition coefficient (Wildman–Crippen LogP) is 1.70. The number of piperidine rings is 1. The second-order valence-electron chi connectivity index (χ2n) is 9.49. The van der Waals surface area contributed by atoms with Gasteiger partial charge in [0, 0.05) is 32.7 Å². The maximum Gasteiger partial charge on any atom is 0.246 e. The van der Waals surface area contributed by atoms with Gasteiger partial charge in [0.1, 0.15) is 12.1 Å². The van der Waals surface area contributed by atoms with Gasteiger partial charge in [0.2, 0.25) is 17.7 Å². The van der Waals surface area contributed by atoms with Crippen molar-refractivity contribution in [2.24, 2.45) is 5.73 Å². The van der Waals surface area contributed by atoms with Gasteiger partial charge in [0.25, 0.3) is 0 Å². The molecule has 0 aliphatic carbocycles. The van der Waals surface area contributed by atoms with Gasteiger partial charge in [-0.3, -0.25) is 14.4 Å². The monoisotopic (exact) mass is 472 g/mol. The standard InChI is InChI=1S/C23H44N4O4S/c1-6-11-20(28)25(4)19(17-32-15-10-14-27-12-8-7-9-13-27)22(30)26(5)18(21(24)29)16-23(2,3)31/h18-19,31H,6-17H2,1-5H3,(H2,24,29)/t18-,19+/m0/s1. The molecular weight excluding hydrogens is 428 g/mol. The number of nitrogens with zero attached hydrogens (tertiary/aromatic N) is 3. The fourth-order valence-electron chi connectivity index (χ4n) is 3.97.